The van der Waals surface area contributed by atoms with Crippen molar-refractivity contribution >= 4 is 11.3 Å². The van der Waals surface area contributed by atoms with Gasteiger partial charge in [-0.1, -0.05) is 6.92 Å². The van der Waals surface area contributed by atoms with Crippen molar-refractivity contribution in [3.63, 3.8) is 0 Å². The highest BCUT2D eigenvalue weighted by Crippen LogP contribution is 2.36. The monoisotopic (exact) mass is 248 g/mol. The van der Waals surface area contributed by atoms with Gasteiger partial charge in [0.1, 0.15) is 0 Å². The van der Waals surface area contributed by atoms with E-state index in [0.29, 0.717) is 6.54 Å². The van der Waals surface area contributed by atoms with Gasteiger partial charge in [0.25, 0.3) is 0 Å². The summed E-state index contributed by atoms with van der Waals surface area (Å²) in [7, 11) is 0. The summed E-state index contributed by atoms with van der Waals surface area (Å²) >= 11 is 1.86. The van der Waals surface area contributed by atoms with Gasteiger partial charge >= 0.3 is 0 Å². The fraction of sp³-hybridized carbons (Fsp3) is 0.462. The van der Waals surface area contributed by atoms with E-state index >= 15 is 0 Å². The first-order valence-corrected chi connectivity index (χ1v) is 6.96. The van der Waals surface area contributed by atoms with E-state index < -0.39 is 0 Å². The molecular weight excluding hydrogens is 232 g/mol. The SMILES string of the molecule is CCNCc1ncc(-c2cc3c(s2)CCC3)o1. The van der Waals surface area contributed by atoms with Crippen LogP contribution < -0.4 is 5.32 Å². The lowest BCUT2D eigenvalue weighted by Gasteiger charge is -1.95. The van der Waals surface area contributed by atoms with Gasteiger partial charge in [-0.2, -0.15) is 0 Å². The summed E-state index contributed by atoms with van der Waals surface area (Å²) in [4.78, 5) is 7.05. The number of nitrogens with one attached hydrogen (secondary N) is 1. The third kappa shape index (κ3) is 2.15. The highest BCUT2D eigenvalue weighted by Gasteiger charge is 2.17. The summed E-state index contributed by atoms with van der Waals surface area (Å²) in [6, 6.07) is 2.27. The van der Waals surface area contributed by atoms with Crippen LogP contribution in [0.2, 0.25) is 0 Å². The predicted octanol–water partition coefficient (Wildman–Crippen LogP) is 3.00. The van der Waals surface area contributed by atoms with Crippen LogP contribution in [0.3, 0.4) is 0 Å². The number of aryl methyl sites for hydroxylation is 2. The van der Waals surface area contributed by atoms with Crippen LogP contribution in [0, 0.1) is 0 Å². The van der Waals surface area contributed by atoms with E-state index in [-0.39, 0.29) is 0 Å². The number of oxazole rings is 1. The summed E-state index contributed by atoms with van der Waals surface area (Å²) in [5, 5.41) is 3.22. The first kappa shape index (κ1) is 11.0. The fourth-order valence-corrected chi connectivity index (χ4v) is 3.39. The standard InChI is InChI=1S/C13H16N2OS/c1-2-14-8-13-15-7-10(16-13)12-6-9-4-3-5-11(9)17-12/h6-7,14H,2-5,8H2,1H3. The van der Waals surface area contributed by atoms with Gasteiger partial charge in [0.15, 0.2) is 5.76 Å². The lowest BCUT2D eigenvalue weighted by Crippen LogP contribution is -2.11. The molecular formula is C13H16N2OS. The topological polar surface area (TPSA) is 38.1 Å². The second-order valence-corrected chi connectivity index (χ2v) is 5.45. The Hall–Kier alpha value is -1.13. The average Bonchev–Trinajstić information content (AvgIpc) is 3.00. The quantitative estimate of drug-likeness (QED) is 0.904. The zero-order valence-electron chi connectivity index (χ0n) is 9.95. The number of rotatable bonds is 4. The summed E-state index contributed by atoms with van der Waals surface area (Å²) in [6.45, 7) is 3.72. The number of fused-ring (bicyclic) bond motifs is 1. The van der Waals surface area contributed by atoms with Crippen LogP contribution in [0.5, 0.6) is 0 Å². The Morgan fingerprint density at radius 1 is 1.47 bits per heavy atom. The molecule has 3 rings (SSSR count). The molecule has 3 nitrogen and oxygen atoms in total. The number of hydrogen-bond acceptors (Lipinski definition) is 4. The van der Waals surface area contributed by atoms with Crippen LogP contribution in [0.1, 0.15) is 29.7 Å². The normalized spacial score (nSPS) is 14.2. The molecule has 0 atom stereocenters. The minimum absolute atomic E-state index is 0.710. The van der Waals surface area contributed by atoms with Crippen molar-refractivity contribution in [3.8, 4) is 10.6 Å². The van der Waals surface area contributed by atoms with Gasteiger partial charge in [0.2, 0.25) is 5.89 Å². The predicted molar refractivity (Wildman–Crippen MR) is 69.2 cm³/mol. The smallest absolute Gasteiger partial charge is 0.208 e. The Balaban J connectivity index is 1.80. The molecule has 1 N–H and O–H groups in total. The third-order valence-corrected chi connectivity index (χ3v) is 4.32. The van der Waals surface area contributed by atoms with E-state index in [0.717, 1.165) is 18.2 Å². The first-order valence-electron chi connectivity index (χ1n) is 6.14. The second-order valence-electron chi connectivity index (χ2n) is 4.31. The lowest BCUT2D eigenvalue weighted by molar-refractivity contribution is 0.483. The molecule has 0 amide bonds. The summed E-state index contributed by atoms with van der Waals surface area (Å²) in [5.74, 6) is 1.69. The maximum Gasteiger partial charge on any atom is 0.208 e. The van der Waals surface area contributed by atoms with E-state index in [1.165, 1.54) is 34.6 Å². The molecule has 0 saturated carbocycles. The van der Waals surface area contributed by atoms with Gasteiger partial charge in [0.05, 0.1) is 17.6 Å². The summed E-state index contributed by atoms with van der Waals surface area (Å²) in [5.41, 5.74) is 1.51. The van der Waals surface area contributed by atoms with Crippen LogP contribution in [-0.2, 0) is 19.4 Å². The molecule has 0 fully saturated rings. The highest BCUT2D eigenvalue weighted by atomic mass is 32.1. The molecule has 2 aromatic heterocycles. The van der Waals surface area contributed by atoms with Crippen molar-refractivity contribution in [2.24, 2.45) is 0 Å². The molecule has 0 aliphatic heterocycles. The van der Waals surface area contributed by atoms with Gasteiger partial charge in [-0.05, 0) is 37.4 Å². The molecule has 0 spiro atoms. The maximum atomic E-state index is 5.75. The molecule has 0 aromatic carbocycles. The van der Waals surface area contributed by atoms with E-state index in [4.69, 9.17) is 4.42 Å². The molecule has 0 saturated heterocycles. The van der Waals surface area contributed by atoms with Crippen molar-refractivity contribution < 1.29 is 4.42 Å². The number of thiophene rings is 1. The first-order chi connectivity index (χ1) is 8.36. The lowest BCUT2D eigenvalue weighted by atomic mass is 10.2. The minimum Gasteiger partial charge on any atom is -0.438 e. The Labute approximate surface area is 105 Å². The Morgan fingerprint density at radius 3 is 3.24 bits per heavy atom. The molecule has 4 heteroatoms. The van der Waals surface area contributed by atoms with Gasteiger partial charge in [0, 0.05) is 4.88 Å². The molecule has 90 valence electrons. The van der Waals surface area contributed by atoms with Gasteiger partial charge in [-0.25, -0.2) is 4.98 Å². The van der Waals surface area contributed by atoms with Crippen LogP contribution in [0.25, 0.3) is 10.6 Å². The van der Waals surface area contributed by atoms with E-state index in [9.17, 15) is 0 Å². The molecule has 1 aliphatic rings. The van der Waals surface area contributed by atoms with E-state index in [1.807, 2.05) is 17.5 Å². The van der Waals surface area contributed by atoms with Crippen LogP contribution in [-0.4, -0.2) is 11.5 Å². The minimum atomic E-state index is 0.710. The fourth-order valence-electron chi connectivity index (χ4n) is 2.19. The van der Waals surface area contributed by atoms with E-state index in [1.54, 1.807) is 0 Å². The second kappa shape index (κ2) is 4.63. The zero-order valence-corrected chi connectivity index (χ0v) is 10.8. The number of hydrogen-bond donors (Lipinski definition) is 1. The molecule has 0 bridgehead atoms. The van der Waals surface area contributed by atoms with Crippen LogP contribution >= 0.6 is 11.3 Å². The Morgan fingerprint density at radius 2 is 2.41 bits per heavy atom. The molecule has 0 unspecified atom stereocenters. The third-order valence-electron chi connectivity index (χ3n) is 3.07. The van der Waals surface area contributed by atoms with Crippen molar-refractivity contribution in [2.45, 2.75) is 32.7 Å². The van der Waals surface area contributed by atoms with Crippen LogP contribution in [0.4, 0.5) is 0 Å². The zero-order chi connectivity index (χ0) is 11.7. The van der Waals surface area contributed by atoms with Crippen LogP contribution in [0.15, 0.2) is 16.7 Å². The van der Waals surface area contributed by atoms with E-state index in [2.05, 4.69) is 23.3 Å². The van der Waals surface area contributed by atoms with Gasteiger partial charge < -0.3 is 9.73 Å². The summed E-state index contributed by atoms with van der Waals surface area (Å²) < 4.78 is 5.75. The number of aromatic nitrogens is 1. The van der Waals surface area contributed by atoms with Crippen molar-refractivity contribution in [1.82, 2.24) is 10.3 Å². The molecule has 2 aromatic rings. The molecule has 17 heavy (non-hydrogen) atoms. The highest BCUT2D eigenvalue weighted by molar-refractivity contribution is 7.15. The Kier molecular flexibility index (Phi) is 2.99. The maximum absolute atomic E-state index is 5.75. The van der Waals surface area contributed by atoms with Crippen molar-refractivity contribution in [1.29, 1.82) is 0 Å². The van der Waals surface area contributed by atoms with Gasteiger partial charge in [-0.15, -0.1) is 11.3 Å². The Bertz CT molecular complexity index is 494. The molecule has 2 heterocycles. The summed E-state index contributed by atoms with van der Waals surface area (Å²) in [6.07, 6.45) is 5.61. The van der Waals surface area contributed by atoms with Crippen molar-refractivity contribution in [3.05, 3.63) is 28.6 Å². The largest absolute Gasteiger partial charge is 0.438 e. The molecule has 0 radical (unpaired) electrons. The van der Waals surface area contributed by atoms with Gasteiger partial charge in [-0.3, -0.25) is 0 Å². The molecule has 1 aliphatic carbocycles. The number of nitrogens with zero attached hydrogens (tertiary/aromatic N) is 1. The average molecular weight is 248 g/mol. The van der Waals surface area contributed by atoms with Crippen molar-refractivity contribution in [2.75, 3.05) is 6.54 Å².